The lowest BCUT2D eigenvalue weighted by Gasteiger charge is -2.39. The van der Waals surface area contributed by atoms with E-state index in [1.807, 2.05) is 0 Å². The molecule has 0 saturated carbocycles. The molecule has 0 aliphatic carbocycles. The summed E-state index contributed by atoms with van der Waals surface area (Å²) in [7, 11) is -3.23. The van der Waals surface area contributed by atoms with Gasteiger partial charge in [0.05, 0.1) is 0 Å². The van der Waals surface area contributed by atoms with Crippen LogP contribution in [-0.2, 0) is 16.9 Å². The first-order valence-electron chi connectivity index (χ1n) is 7.77. The largest absolute Gasteiger partial charge is 0.366 e. The number of amides is 1. The van der Waals surface area contributed by atoms with Gasteiger partial charge in [0.1, 0.15) is 28.6 Å². The molecule has 1 atom stereocenters. The Morgan fingerprint density at radius 3 is 2.13 bits per heavy atom. The SMILES string of the molecule is CC(C)(C)CCOC(C)(C)C(=O)N1CCN(P(N)(=O)OI)CC1. The molecule has 136 valence electrons. The van der Waals surface area contributed by atoms with Gasteiger partial charge in [0.2, 0.25) is 0 Å². The molecule has 1 rings (SSSR count). The maximum absolute atomic E-state index is 12.7. The van der Waals surface area contributed by atoms with Gasteiger partial charge in [0.15, 0.2) is 0 Å². The third kappa shape index (κ3) is 6.59. The van der Waals surface area contributed by atoms with E-state index in [4.69, 9.17) is 13.1 Å². The van der Waals surface area contributed by atoms with Crippen LogP contribution >= 0.6 is 30.7 Å². The zero-order valence-electron chi connectivity index (χ0n) is 14.7. The van der Waals surface area contributed by atoms with Crippen LogP contribution in [0.4, 0.5) is 0 Å². The Hall–Kier alpha value is 0.270. The van der Waals surface area contributed by atoms with Crippen LogP contribution in [0.5, 0.6) is 0 Å². The first kappa shape index (κ1) is 21.3. The van der Waals surface area contributed by atoms with Gasteiger partial charge in [-0.25, -0.2) is 13.0 Å². The topological polar surface area (TPSA) is 85.1 Å². The summed E-state index contributed by atoms with van der Waals surface area (Å²) in [6, 6.07) is 0. The number of hydrogen-bond acceptors (Lipinski definition) is 4. The van der Waals surface area contributed by atoms with E-state index in [1.165, 1.54) is 0 Å². The Labute approximate surface area is 153 Å². The van der Waals surface area contributed by atoms with Crippen LogP contribution < -0.4 is 5.50 Å². The summed E-state index contributed by atoms with van der Waals surface area (Å²) in [4.78, 5) is 14.4. The van der Waals surface area contributed by atoms with Crippen LogP contribution in [0, 0.1) is 5.41 Å². The van der Waals surface area contributed by atoms with Gasteiger partial charge in [-0.3, -0.25) is 9.36 Å². The molecule has 1 aliphatic heterocycles. The molecule has 0 aromatic heterocycles. The summed E-state index contributed by atoms with van der Waals surface area (Å²) in [5.41, 5.74) is 4.94. The first-order chi connectivity index (χ1) is 10.4. The van der Waals surface area contributed by atoms with E-state index >= 15 is 0 Å². The second kappa shape index (κ2) is 8.10. The molecule has 1 amide bonds. The van der Waals surface area contributed by atoms with E-state index < -0.39 is 13.3 Å². The van der Waals surface area contributed by atoms with Crippen molar-refractivity contribution in [3.8, 4) is 0 Å². The van der Waals surface area contributed by atoms with E-state index in [2.05, 4.69) is 20.8 Å². The Morgan fingerprint density at radius 1 is 1.17 bits per heavy atom. The highest BCUT2D eigenvalue weighted by molar-refractivity contribution is 14.1. The number of ether oxygens (including phenoxy) is 1. The smallest absolute Gasteiger partial charge is 0.350 e. The van der Waals surface area contributed by atoms with Crippen molar-refractivity contribution in [1.82, 2.24) is 9.57 Å². The number of rotatable bonds is 6. The number of nitrogens with two attached hydrogens (primary N) is 1. The minimum absolute atomic E-state index is 0.0479. The van der Waals surface area contributed by atoms with Crippen LogP contribution in [0.3, 0.4) is 0 Å². The van der Waals surface area contributed by atoms with Crippen LogP contribution in [0.2, 0.25) is 0 Å². The van der Waals surface area contributed by atoms with Crippen molar-refractivity contribution < 1.29 is 16.9 Å². The van der Waals surface area contributed by atoms with Crippen molar-refractivity contribution >= 4 is 36.6 Å². The van der Waals surface area contributed by atoms with Gasteiger partial charge in [-0.1, -0.05) is 20.8 Å². The zero-order chi connectivity index (χ0) is 17.9. The Morgan fingerprint density at radius 2 is 1.70 bits per heavy atom. The minimum atomic E-state index is -3.23. The molecule has 0 radical (unpaired) electrons. The molecule has 1 fully saturated rings. The van der Waals surface area contributed by atoms with Crippen LogP contribution in [-0.4, -0.2) is 53.9 Å². The summed E-state index contributed by atoms with van der Waals surface area (Å²) in [6.45, 7) is 12.4. The van der Waals surface area contributed by atoms with Gasteiger partial charge in [-0.2, -0.15) is 0 Å². The molecule has 1 saturated heterocycles. The van der Waals surface area contributed by atoms with E-state index in [9.17, 15) is 9.36 Å². The van der Waals surface area contributed by atoms with Gasteiger partial charge < -0.3 is 9.64 Å². The minimum Gasteiger partial charge on any atom is -0.366 e. The molecular weight excluding hydrogens is 432 g/mol. The monoisotopic (exact) mass is 461 g/mol. The van der Waals surface area contributed by atoms with Gasteiger partial charge in [0.25, 0.3) is 5.91 Å². The highest BCUT2D eigenvalue weighted by atomic mass is 127. The second-order valence-electron chi connectivity index (χ2n) is 7.55. The zero-order valence-corrected chi connectivity index (χ0v) is 17.7. The van der Waals surface area contributed by atoms with E-state index in [0.717, 1.165) is 6.42 Å². The number of carbonyl (C=O) groups excluding carboxylic acids is 1. The third-order valence-corrected chi connectivity index (χ3v) is 6.95. The molecule has 0 spiro atoms. The molecule has 2 N–H and O–H groups in total. The quantitative estimate of drug-likeness (QED) is 0.484. The Bertz CT molecular complexity index is 459. The molecule has 1 unspecified atom stereocenters. The van der Waals surface area contributed by atoms with Crippen molar-refractivity contribution in [3.63, 3.8) is 0 Å². The predicted octanol–water partition coefficient (Wildman–Crippen LogP) is 2.80. The standard InChI is InChI=1S/C14H29IN3O4P/c1-13(2,3)6-11-21-14(4,5)12(19)17-7-9-18(10-8-17)23(16,20)22-15/h6-11H2,1-5H3,(H2,16,20). The number of halogens is 1. The normalized spacial score (nSPS) is 20.4. The van der Waals surface area contributed by atoms with Gasteiger partial charge in [-0.05, 0) is 25.7 Å². The molecule has 7 nitrogen and oxygen atoms in total. The van der Waals surface area contributed by atoms with Gasteiger partial charge in [0, 0.05) is 32.8 Å². The summed E-state index contributed by atoms with van der Waals surface area (Å²) >= 11 is 1.56. The fraction of sp³-hybridized carbons (Fsp3) is 0.929. The lowest BCUT2D eigenvalue weighted by molar-refractivity contribution is -0.156. The first-order valence-corrected chi connectivity index (χ1v) is 10.3. The molecule has 9 heteroatoms. The number of piperazine rings is 1. The maximum Gasteiger partial charge on any atom is 0.350 e. The third-order valence-electron chi connectivity index (χ3n) is 3.87. The lowest BCUT2D eigenvalue weighted by atomic mass is 9.93. The molecular formula is C14H29IN3O4P. The average Bonchev–Trinajstić information content (AvgIpc) is 2.45. The maximum atomic E-state index is 12.7. The van der Waals surface area contributed by atoms with Crippen LogP contribution in [0.1, 0.15) is 41.0 Å². The number of hydrogen-bond donors (Lipinski definition) is 1. The average molecular weight is 461 g/mol. The number of carbonyl (C=O) groups is 1. The second-order valence-corrected chi connectivity index (χ2v) is 10.6. The van der Waals surface area contributed by atoms with Crippen molar-refractivity contribution in [2.24, 2.45) is 10.9 Å². The van der Waals surface area contributed by atoms with Crippen LogP contribution in [0.15, 0.2) is 0 Å². The summed E-state index contributed by atoms with van der Waals surface area (Å²) in [5.74, 6) is -0.0479. The summed E-state index contributed by atoms with van der Waals surface area (Å²) in [5, 5.41) is 0. The highest BCUT2D eigenvalue weighted by Gasteiger charge is 2.37. The Balaban J connectivity index is 2.53. The molecule has 0 aromatic rings. The Kier molecular flexibility index (Phi) is 7.51. The molecule has 0 bridgehead atoms. The van der Waals surface area contributed by atoms with Crippen molar-refractivity contribution in [2.75, 3.05) is 32.8 Å². The van der Waals surface area contributed by atoms with E-state index in [1.54, 1.807) is 46.4 Å². The fourth-order valence-corrected chi connectivity index (χ4v) is 3.85. The van der Waals surface area contributed by atoms with E-state index in [-0.39, 0.29) is 11.3 Å². The van der Waals surface area contributed by atoms with Crippen molar-refractivity contribution in [3.05, 3.63) is 0 Å². The van der Waals surface area contributed by atoms with Gasteiger partial charge >= 0.3 is 7.67 Å². The van der Waals surface area contributed by atoms with Gasteiger partial charge in [-0.15, -0.1) is 0 Å². The lowest BCUT2D eigenvalue weighted by Crippen LogP contribution is -2.54. The molecule has 0 aromatic carbocycles. The van der Waals surface area contributed by atoms with Crippen LogP contribution in [0.25, 0.3) is 0 Å². The molecule has 1 aliphatic rings. The highest BCUT2D eigenvalue weighted by Crippen LogP contribution is 2.45. The summed E-state index contributed by atoms with van der Waals surface area (Å²) < 4.78 is 24.2. The molecule has 1 heterocycles. The van der Waals surface area contributed by atoms with Crippen molar-refractivity contribution in [2.45, 2.75) is 46.6 Å². The fourth-order valence-electron chi connectivity index (χ4n) is 2.28. The summed E-state index contributed by atoms with van der Waals surface area (Å²) in [6.07, 6.45) is 0.890. The van der Waals surface area contributed by atoms with Crippen molar-refractivity contribution in [1.29, 1.82) is 0 Å². The molecule has 23 heavy (non-hydrogen) atoms. The van der Waals surface area contributed by atoms with E-state index in [0.29, 0.717) is 32.8 Å². The predicted molar refractivity (Wildman–Crippen MR) is 99.2 cm³/mol. The number of nitrogens with zero attached hydrogens (tertiary/aromatic N) is 2.